The number of fused-ring (bicyclic) bond motifs is 1. The minimum atomic E-state index is -0.224. The molecule has 0 amide bonds. The molecule has 1 aromatic heterocycles. The third-order valence-corrected chi connectivity index (χ3v) is 5.61. The Morgan fingerprint density at radius 2 is 2.25 bits per heavy atom. The van der Waals surface area contributed by atoms with Crippen molar-refractivity contribution in [3.8, 4) is 0 Å². The normalized spacial score (nSPS) is 19.6. The molecule has 0 bridgehead atoms. The first kappa shape index (κ1) is 14.2. The minimum absolute atomic E-state index is 0.193. The Labute approximate surface area is 130 Å². The number of aryl methyl sites for hydroxylation is 1. The number of nitrogens with one attached hydrogen (secondary N) is 1. The van der Waals surface area contributed by atoms with E-state index in [0.717, 1.165) is 19.3 Å². The van der Waals surface area contributed by atoms with E-state index in [1.54, 1.807) is 17.4 Å². The highest BCUT2D eigenvalue weighted by Crippen LogP contribution is 2.43. The van der Waals surface area contributed by atoms with Gasteiger partial charge in [0.1, 0.15) is 5.82 Å². The Kier molecular flexibility index (Phi) is 4.21. The fourth-order valence-electron chi connectivity index (χ4n) is 3.05. The van der Waals surface area contributed by atoms with Crippen molar-refractivity contribution < 1.29 is 4.39 Å². The fourth-order valence-corrected chi connectivity index (χ4v) is 4.43. The number of hydrogen-bond donors (Lipinski definition) is 2. The van der Waals surface area contributed by atoms with Crippen LogP contribution < -0.4 is 11.3 Å². The zero-order valence-electron chi connectivity index (χ0n) is 10.9. The molecule has 2 nitrogen and oxygen atoms in total. The number of halogens is 2. The predicted molar refractivity (Wildman–Crippen MR) is 84.2 cm³/mol. The van der Waals surface area contributed by atoms with Gasteiger partial charge in [-0.05, 0) is 58.3 Å². The summed E-state index contributed by atoms with van der Waals surface area (Å²) < 4.78 is 14.8. The molecule has 106 valence electrons. The van der Waals surface area contributed by atoms with E-state index in [1.165, 1.54) is 10.4 Å². The van der Waals surface area contributed by atoms with Gasteiger partial charge >= 0.3 is 0 Å². The molecular formula is C15H16BrFN2S. The summed E-state index contributed by atoms with van der Waals surface area (Å²) in [7, 11) is 0. The SMILES string of the molecule is NNC(c1cccc(Br)c1F)C1CCCc2sccc21. The van der Waals surface area contributed by atoms with Gasteiger partial charge in [-0.15, -0.1) is 11.3 Å². The van der Waals surface area contributed by atoms with Gasteiger partial charge in [-0.3, -0.25) is 11.3 Å². The molecule has 3 rings (SSSR count). The summed E-state index contributed by atoms with van der Waals surface area (Å²) in [5, 5.41) is 2.12. The van der Waals surface area contributed by atoms with E-state index in [9.17, 15) is 4.39 Å². The summed E-state index contributed by atoms with van der Waals surface area (Å²) >= 11 is 5.04. The van der Waals surface area contributed by atoms with Crippen LogP contribution in [0.3, 0.4) is 0 Å². The van der Waals surface area contributed by atoms with Crippen LogP contribution in [0.15, 0.2) is 34.1 Å². The van der Waals surface area contributed by atoms with Crippen LogP contribution in [0.4, 0.5) is 4.39 Å². The van der Waals surface area contributed by atoms with Crippen molar-refractivity contribution in [2.45, 2.75) is 31.2 Å². The van der Waals surface area contributed by atoms with Crippen LogP contribution in [0.1, 0.15) is 40.8 Å². The number of rotatable bonds is 3. The van der Waals surface area contributed by atoms with Gasteiger partial charge < -0.3 is 0 Å². The first-order chi connectivity index (χ1) is 9.72. The molecule has 1 aromatic carbocycles. The van der Waals surface area contributed by atoms with Crippen molar-refractivity contribution >= 4 is 27.3 Å². The van der Waals surface area contributed by atoms with E-state index in [2.05, 4.69) is 32.8 Å². The van der Waals surface area contributed by atoms with Gasteiger partial charge in [-0.1, -0.05) is 12.1 Å². The second kappa shape index (κ2) is 5.93. The molecule has 5 heteroatoms. The Balaban J connectivity index is 2.02. The molecule has 2 atom stereocenters. The molecule has 0 aliphatic heterocycles. The lowest BCUT2D eigenvalue weighted by Crippen LogP contribution is -2.34. The maximum Gasteiger partial charge on any atom is 0.142 e. The van der Waals surface area contributed by atoms with Gasteiger partial charge in [0, 0.05) is 16.4 Å². The van der Waals surface area contributed by atoms with Crippen molar-refractivity contribution in [2.24, 2.45) is 5.84 Å². The van der Waals surface area contributed by atoms with Crippen LogP contribution in [-0.4, -0.2) is 0 Å². The average molecular weight is 355 g/mol. The van der Waals surface area contributed by atoms with E-state index >= 15 is 0 Å². The summed E-state index contributed by atoms with van der Waals surface area (Å²) in [5.41, 5.74) is 4.78. The molecule has 2 unspecified atom stereocenters. The number of hydrazine groups is 1. The van der Waals surface area contributed by atoms with E-state index in [0.29, 0.717) is 10.0 Å². The van der Waals surface area contributed by atoms with Gasteiger partial charge in [0.15, 0.2) is 0 Å². The Morgan fingerprint density at radius 3 is 3.05 bits per heavy atom. The molecule has 0 radical (unpaired) electrons. The largest absolute Gasteiger partial charge is 0.271 e. The smallest absolute Gasteiger partial charge is 0.142 e. The van der Waals surface area contributed by atoms with E-state index < -0.39 is 0 Å². The highest BCUT2D eigenvalue weighted by atomic mass is 79.9. The van der Waals surface area contributed by atoms with Gasteiger partial charge in [0.25, 0.3) is 0 Å². The average Bonchev–Trinajstić information content (AvgIpc) is 2.93. The zero-order chi connectivity index (χ0) is 14.1. The van der Waals surface area contributed by atoms with Crippen LogP contribution in [0.2, 0.25) is 0 Å². The molecule has 0 saturated carbocycles. The lowest BCUT2D eigenvalue weighted by atomic mass is 9.80. The number of nitrogens with two attached hydrogens (primary N) is 1. The molecule has 1 aliphatic rings. The molecule has 20 heavy (non-hydrogen) atoms. The fraction of sp³-hybridized carbons (Fsp3) is 0.333. The monoisotopic (exact) mass is 354 g/mol. The molecule has 1 heterocycles. The summed E-state index contributed by atoms with van der Waals surface area (Å²) in [6, 6.07) is 7.34. The van der Waals surface area contributed by atoms with Crippen molar-refractivity contribution in [2.75, 3.05) is 0 Å². The highest BCUT2D eigenvalue weighted by molar-refractivity contribution is 9.10. The van der Waals surface area contributed by atoms with E-state index in [-0.39, 0.29) is 17.8 Å². The maximum atomic E-state index is 14.4. The van der Waals surface area contributed by atoms with Crippen LogP contribution in [0, 0.1) is 5.82 Å². The van der Waals surface area contributed by atoms with Crippen molar-refractivity contribution in [1.82, 2.24) is 5.43 Å². The molecule has 0 saturated heterocycles. The third kappa shape index (κ3) is 2.44. The quantitative estimate of drug-likeness (QED) is 0.637. The van der Waals surface area contributed by atoms with Crippen molar-refractivity contribution in [3.63, 3.8) is 0 Å². The lowest BCUT2D eigenvalue weighted by Gasteiger charge is -2.31. The Bertz CT molecular complexity index is 614. The van der Waals surface area contributed by atoms with Crippen LogP contribution in [0.25, 0.3) is 0 Å². The highest BCUT2D eigenvalue weighted by Gasteiger charge is 2.31. The lowest BCUT2D eigenvalue weighted by molar-refractivity contribution is 0.397. The Morgan fingerprint density at radius 1 is 1.40 bits per heavy atom. The van der Waals surface area contributed by atoms with Gasteiger partial charge in [-0.2, -0.15) is 0 Å². The van der Waals surface area contributed by atoms with Gasteiger partial charge in [0.2, 0.25) is 0 Å². The summed E-state index contributed by atoms with van der Waals surface area (Å²) in [6.07, 6.45) is 3.29. The standard InChI is InChI=1S/C15H16BrFN2S/c16-12-5-1-4-11(14(12)17)15(19-18)10-3-2-6-13-9(10)7-8-20-13/h1,4-5,7-8,10,15,19H,2-3,6,18H2. The minimum Gasteiger partial charge on any atom is -0.271 e. The van der Waals surface area contributed by atoms with E-state index in [4.69, 9.17) is 5.84 Å². The summed E-state index contributed by atoms with van der Waals surface area (Å²) in [5.74, 6) is 5.76. The number of hydrogen-bond acceptors (Lipinski definition) is 3. The molecule has 0 spiro atoms. The summed E-state index contributed by atoms with van der Waals surface area (Å²) in [6.45, 7) is 0. The molecule has 2 aromatic rings. The van der Waals surface area contributed by atoms with Crippen LogP contribution in [-0.2, 0) is 6.42 Å². The van der Waals surface area contributed by atoms with Gasteiger partial charge in [-0.25, -0.2) is 4.39 Å². The first-order valence-corrected chi connectivity index (χ1v) is 8.36. The second-order valence-electron chi connectivity index (χ2n) is 5.09. The van der Waals surface area contributed by atoms with Crippen molar-refractivity contribution in [1.29, 1.82) is 0 Å². The van der Waals surface area contributed by atoms with Crippen LogP contribution in [0.5, 0.6) is 0 Å². The topological polar surface area (TPSA) is 38.0 Å². The molecular weight excluding hydrogens is 339 g/mol. The molecule has 3 N–H and O–H groups in total. The summed E-state index contributed by atoms with van der Waals surface area (Å²) in [4.78, 5) is 1.41. The molecule has 1 aliphatic carbocycles. The first-order valence-electron chi connectivity index (χ1n) is 6.68. The third-order valence-electron chi connectivity index (χ3n) is 4.00. The zero-order valence-corrected chi connectivity index (χ0v) is 13.3. The molecule has 0 fully saturated rings. The number of thiophene rings is 1. The predicted octanol–water partition coefficient (Wildman–Crippen LogP) is 4.27. The number of benzene rings is 1. The van der Waals surface area contributed by atoms with E-state index in [1.807, 2.05) is 12.1 Å². The Hall–Kier alpha value is -0.750. The van der Waals surface area contributed by atoms with Crippen LogP contribution >= 0.6 is 27.3 Å². The second-order valence-corrected chi connectivity index (χ2v) is 6.94. The van der Waals surface area contributed by atoms with Crippen molar-refractivity contribution in [3.05, 3.63) is 55.9 Å². The van der Waals surface area contributed by atoms with Gasteiger partial charge in [0.05, 0.1) is 10.5 Å². The maximum absolute atomic E-state index is 14.4.